The molecule has 0 atom stereocenters. The number of halogens is 4. The summed E-state index contributed by atoms with van der Waals surface area (Å²) in [6.45, 7) is 0. The van der Waals surface area contributed by atoms with E-state index < -0.39 is 11.7 Å². The van der Waals surface area contributed by atoms with Crippen LogP contribution in [0.5, 0.6) is 0 Å². The van der Waals surface area contributed by atoms with Crippen molar-refractivity contribution in [1.29, 1.82) is 0 Å². The number of thiocarbonyl (C=S) groups is 1. The molecule has 0 aromatic heterocycles. The van der Waals surface area contributed by atoms with E-state index in [1.165, 1.54) is 12.1 Å². The quantitative estimate of drug-likeness (QED) is 0.777. The first-order valence-corrected chi connectivity index (χ1v) is 5.40. The van der Waals surface area contributed by atoms with Gasteiger partial charge >= 0.3 is 6.18 Å². The Labute approximate surface area is 104 Å². The van der Waals surface area contributed by atoms with Crippen molar-refractivity contribution in [3.05, 3.63) is 28.2 Å². The lowest BCUT2D eigenvalue weighted by Gasteiger charge is -2.12. The standard InChI is InChI=1S/C9H8BrF3N2S/c1-14-8(16)15-5-2-3-7(10)6(4-5)9(11,12)13/h2-4H,1H3,(H2,14,15,16). The van der Waals surface area contributed by atoms with Gasteiger partial charge in [-0.2, -0.15) is 13.2 Å². The number of hydrogen-bond donors (Lipinski definition) is 2. The minimum atomic E-state index is -4.39. The zero-order valence-corrected chi connectivity index (χ0v) is 10.6. The highest BCUT2D eigenvalue weighted by Crippen LogP contribution is 2.36. The molecule has 1 aromatic carbocycles. The molecule has 0 aliphatic heterocycles. The molecule has 0 unspecified atom stereocenters. The number of nitrogens with one attached hydrogen (secondary N) is 2. The van der Waals surface area contributed by atoms with Crippen molar-refractivity contribution in [2.75, 3.05) is 12.4 Å². The van der Waals surface area contributed by atoms with Crippen LogP contribution >= 0.6 is 28.1 Å². The number of rotatable bonds is 1. The fraction of sp³-hybridized carbons (Fsp3) is 0.222. The van der Waals surface area contributed by atoms with Crippen molar-refractivity contribution in [3.63, 3.8) is 0 Å². The van der Waals surface area contributed by atoms with Gasteiger partial charge in [0.1, 0.15) is 0 Å². The summed E-state index contributed by atoms with van der Waals surface area (Å²) in [6.07, 6.45) is -4.39. The lowest BCUT2D eigenvalue weighted by molar-refractivity contribution is -0.138. The molecule has 0 saturated heterocycles. The van der Waals surface area contributed by atoms with Crippen molar-refractivity contribution in [3.8, 4) is 0 Å². The SMILES string of the molecule is CNC(=S)Nc1ccc(Br)c(C(F)(F)F)c1. The third-order valence-corrected chi connectivity index (χ3v) is 2.75. The van der Waals surface area contributed by atoms with Crippen LogP contribution in [0.25, 0.3) is 0 Å². The van der Waals surface area contributed by atoms with E-state index in [0.717, 1.165) is 6.07 Å². The topological polar surface area (TPSA) is 24.1 Å². The molecule has 0 heterocycles. The Balaban J connectivity index is 3.03. The molecule has 1 rings (SSSR count). The average molecular weight is 313 g/mol. The number of anilines is 1. The molecule has 0 fully saturated rings. The number of alkyl halides is 3. The Kier molecular flexibility index (Phi) is 4.15. The van der Waals surface area contributed by atoms with E-state index in [2.05, 4.69) is 26.6 Å². The predicted octanol–water partition coefficient (Wildman–Crippen LogP) is 3.38. The summed E-state index contributed by atoms with van der Waals surface area (Å²) in [5.41, 5.74) is -0.453. The Morgan fingerprint density at radius 3 is 2.50 bits per heavy atom. The van der Waals surface area contributed by atoms with Crippen LogP contribution in [0, 0.1) is 0 Å². The Morgan fingerprint density at radius 2 is 2.00 bits per heavy atom. The molecule has 0 bridgehead atoms. The molecule has 0 aliphatic rings. The molecular weight excluding hydrogens is 305 g/mol. The highest BCUT2D eigenvalue weighted by molar-refractivity contribution is 9.10. The van der Waals surface area contributed by atoms with Gasteiger partial charge in [-0.1, -0.05) is 15.9 Å². The van der Waals surface area contributed by atoms with E-state index in [9.17, 15) is 13.2 Å². The number of hydrogen-bond acceptors (Lipinski definition) is 1. The van der Waals surface area contributed by atoms with Crippen molar-refractivity contribution >= 4 is 38.9 Å². The fourth-order valence-corrected chi connectivity index (χ4v) is 1.60. The molecule has 88 valence electrons. The van der Waals surface area contributed by atoms with E-state index in [4.69, 9.17) is 12.2 Å². The molecule has 0 aliphatic carbocycles. The summed E-state index contributed by atoms with van der Waals surface area (Å²) in [4.78, 5) is 0. The Hall–Kier alpha value is -0.820. The summed E-state index contributed by atoms with van der Waals surface area (Å²) in [5, 5.41) is 5.50. The van der Waals surface area contributed by atoms with Crippen LogP contribution in [0.4, 0.5) is 18.9 Å². The monoisotopic (exact) mass is 312 g/mol. The average Bonchev–Trinajstić information content (AvgIpc) is 2.19. The molecular formula is C9H8BrF3N2S. The van der Waals surface area contributed by atoms with Gasteiger partial charge in [-0.25, -0.2) is 0 Å². The summed E-state index contributed by atoms with van der Waals surface area (Å²) in [6, 6.07) is 3.82. The lowest BCUT2D eigenvalue weighted by Crippen LogP contribution is -2.24. The molecule has 7 heteroatoms. The van der Waals surface area contributed by atoms with E-state index >= 15 is 0 Å². The first-order chi connectivity index (χ1) is 7.34. The summed E-state index contributed by atoms with van der Waals surface area (Å²) in [5.74, 6) is 0. The van der Waals surface area contributed by atoms with Crippen LogP contribution in [-0.2, 0) is 6.18 Å². The maximum Gasteiger partial charge on any atom is 0.417 e. The van der Waals surface area contributed by atoms with Gasteiger partial charge in [-0.3, -0.25) is 0 Å². The molecule has 0 spiro atoms. The molecule has 0 saturated carbocycles. The van der Waals surface area contributed by atoms with Gasteiger partial charge in [0.05, 0.1) is 5.56 Å². The van der Waals surface area contributed by atoms with Crippen LogP contribution in [0.2, 0.25) is 0 Å². The van der Waals surface area contributed by atoms with Gasteiger partial charge in [-0.15, -0.1) is 0 Å². The van der Waals surface area contributed by atoms with E-state index in [1.54, 1.807) is 7.05 Å². The van der Waals surface area contributed by atoms with Gasteiger partial charge in [0.25, 0.3) is 0 Å². The summed E-state index contributed by atoms with van der Waals surface area (Å²) >= 11 is 7.64. The third kappa shape index (κ3) is 3.34. The second kappa shape index (κ2) is 5.01. The van der Waals surface area contributed by atoms with E-state index in [0.29, 0.717) is 0 Å². The largest absolute Gasteiger partial charge is 0.417 e. The highest BCUT2D eigenvalue weighted by Gasteiger charge is 2.33. The maximum atomic E-state index is 12.5. The lowest BCUT2D eigenvalue weighted by atomic mass is 10.2. The molecule has 16 heavy (non-hydrogen) atoms. The second-order valence-electron chi connectivity index (χ2n) is 2.90. The first kappa shape index (κ1) is 13.2. The molecule has 0 radical (unpaired) electrons. The number of benzene rings is 1. The zero-order valence-electron chi connectivity index (χ0n) is 8.15. The second-order valence-corrected chi connectivity index (χ2v) is 4.16. The molecule has 2 N–H and O–H groups in total. The van der Waals surface area contributed by atoms with Crippen molar-refractivity contribution < 1.29 is 13.2 Å². The van der Waals surface area contributed by atoms with E-state index in [-0.39, 0.29) is 15.3 Å². The molecule has 0 amide bonds. The van der Waals surface area contributed by atoms with Gasteiger partial charge in [0.15, 0.2) is 5.11 Å². The summed E-state index contributed by atoms with van der Waals surface area (Å²) < 4.78 is 37.6. The first-order valence-electron chi connectivity index (χ1n) is 4.20. The fourth-order valence-electron chi connectivity index (χ4n) is 1.01. The maximum absolute atomic E-state index is 12.5. The third-order valence-electron chi connectivity index (χ3n) is 1.76. The van der Waals surface area contributed by atoms with E-state index in [1.807, 2.05) is 0 Å². The predicted molar refractivity (Wildman–Crippen MR) is 64.4 cm³/mol. The van der Waals surface area contributed by atoms with Gasteiger partial charge in [-0.05, 0) is 30.4 Å². The van der Waals surface area contributed by atoms with Crippen LogP contribution in [-0.4, -0.2) is 12.2 Å². The van der Waals surface area contributed by atoms with Gasteiger partial charge < -0.3 is 10.6 Å². The minimum Gasteiger partial charge on any atom is -0.366 e. The van der Waals surface area contributed by atoms with Gasteiger partial charge in [0.2, 0.25) is 0 Å². The van der Waals surface area contributed by atoms with Crippen molar-refractivity contribution in [2.24, 2.45) is 0 Å². The van der Waals surface area contributed by atoms with Crippen LogP contribution in [0.1, 0.15) is 5.56 Å². The smallest absolute Gasteiger partial charge is 0.366 e. The minimum absolute atomic E-state index is 0.000857. The van der Waals surface area contributed by atoms with Crippen molar-refractivity contribution in [1.82, 2.24) is 5.32 Å². The summed E-state index contributed by atoms with van der Waals surface area (Å²) in [7, 11) is 1.58. The normalized spacial score (nSPS) is 11.1. The Morgan fingerprint density at radius 1 is 1.38 bits per heavy atom. The highest BCUT2D eigenvalue weighted by atomic mass is 79.9. The van der Waals surface area contributed by atoms with Crippen LogP contribution < -0.4 is 10.6 Å². The van der Waals surface area contributed by atoms with Gasteiger partial charge in [0, 0.05) is 17.2 Å². The molecule has 1 aromatic rings. The Bertz CT molecular complexity index is 406. The molecule has 2 nitrogen and oxygen atoms in total. The van der Waals surface area contributed by atoms with Crippen LogP contribution in [0.15, 0.2) is 22.7 Å². The zero-order chi connectivity index (χ0) is 12.3. The van der Waals surface area contributed by atoms with Crippen LogP contribution in [0.3, 0.4) is 0 Å². The van der Waals surface area contributed by atoms with Crippen molar-refractivity contribution in [2.45, 2.75) is 6.18 Å².